The average Bonchev–Trinajstić information content (AvgIpc) is 2.16. The van der Waals surface area contributed by atoms with Gasteiger partial charge in [-0.1, -0.05) is 5.92 Å². The van der Waals surface area contributed by atoms with Gasteiger partial charge < -0.3 is 5.11 Å². The second-order valence-electron chi connectivity index (χ2n) is 2.32. The summed E-state index contributed by atoms with van der Waals surface area (Å²) in [5, 5.41) is 17.0. The first-order valence-corrected chi connectivity index (χ1v) is 3.57. The number of nitriles is 1. The largest absolute Gasteiger partial charge is 0.392 e. The molecule has 0 bridgehead atoms. The fraction of sp³-hybridized carbons (Fsp3) is 0.100. The Hall–Kier alpha value is -1.84. The molecule has 0 aliphatic rings. The quantitative estimate of drug-likeness (QED) is 0.651. The fourth-order valence-electron chi connectivity index (χ4n) is 0.910. The van der Waals surface area contributed by atoms with Gasteiger partial charge >= 0.3 is 0 Å². The van der Waals surface area contributed by atoms with Crippen molar-refractivity contribution < 1.29 is 9.50 Å². The second-order valence-corrected chi connectivity index (χ2v) is 2.32. The van der Waals surface area contributed by atoms with Crippen molar-refractivity contribution in [2.45, 2.75) is 6.61 Å². The van der Waals surface area contributed by atoms with E-state index in [4.69, 9.17) is 10.4 Å². The smallest absolute Gasteiger partial charge is 0.152 e. The first-order valence-electron chi connectivity index (χ1n) is 3.57. The van der Waals surface area contributed by atoms with Gasteiger partial charge in [-0.2, -0.15) is 5.26 Å². The topological polar surface area (TPSA) is 44.0 Å². The van der Waals surface area contributed by atoms with Crippen LogP contribution in [0.15, 0.2) is 18.2 Å². The number of aliphatic hydroxyl groups is 1. The number of hydrogen-bond acceptors (Lipinski definition) is 2. The van der Waals surface area contributed by atoms with Gasteiger partial charge in [0.1, 0.15) is 5.82 Å². The summed E-state index contributed by atoms with van der Waals surface area (Å²) >= 11 is 0. The molecule has 1 N–H and O–H groups in total. The molecule has 0 atom stereocenters. The van der Waals surface area contributed by atoms with Crippen LogP contribution in [0, 0.1) is 29.0 Å². The molecular formula is C10H6FNO. The molecule has 0 saturated carbocycles. The Kier molecular flexibility index (Phi) is 3.03. The first kappa shape index (κ1) is 9.25. The lowest BCUT2D eigenvalue weighted by atomic mass is 10.1. The van der Waals surface area contributed by atoms with Crippen LogP contribution in [-0.4, -0.2) is 5.11 Å². The van der Waals surface area contributed by atoms with Crippen LogP contribution in [-0.2, 0) is 6.61 Å². The number of halogens is 1. The van der Waals surface area contributed by atoms with Crippen molar-refractivity contribution in [3.05, 3.63) is 35.1 Å². The van der Waals surface area contributed by atoms with Crippen LogP contribution in [0.4, 0.5) is 4.39 Å². The van der Waals surface area contributed by atoms with Crippen LogP contribution < -0.4 is 0 Å². The first-order chi connectivity index (χ1) is 6.27. The molecule has 3 heteroatoms. The summed E-state index contributed by atoms with van der Waals surface area (Å²) in [5.74, 6) is 4.26. The Morgan fingerprint density at radius 1 is 1.46 bits per heavy atom. The molecule has 0 radical (unpaired) electrons. The normalized spacial score (nSPS) is 8.38. The summed E-state index contributed by atoms with van der Waals surface area (Å²) in [6.45, 7) is -0.285. The van der Waals surface area contributed by atoms with Gasteiger partial charge in [0.2, 0.25) is 0 Å². The van der Waals surface area contributed by atoms with Gasteiger partial charge in [0.05, 0.1) is 6.61 Å². The van der Waals surface area contributed by atoms with Gasteiger partial charge in [-0.05, 0) is 23.8 Å². The molecule has 0 spiro atoms. The maximum atomic E-state index is 12.6. The SMILES string of the molecule is N#CC#Cc1ccc(F)cc1CO. The molecular weight excluding hydrogens is 169 g/mol. The summed E-state index contributed by atoms with van der Waals surface area (Å²) in [5.41, 5.74) is 0.869. The zero-order chi connectivity index (χ0) is 9.68. The molecule has 1 aromatic carbocycles. The van der Waals surface area contributed by atoms with E-state index < -0.39 is 5.82 Å². The number of rotatable bonds is 1. The zero-order valence-electron chi connectivity index (χ0n) is 6.71. The lowest BCUT2D eigenvalue weighted by Gasteiger charge is -1.99. The van der Waals surface area contributed by atoms with Crippen molar-refractivity contribution in [3.63, 3.8) is 0 Å². The van der Waals surface area contributed by atoms with E-state index in [1.807, 2.05) is 0 Å². The average molecular weight is 175 g/mol. The molecule has 1 aromatic rings. The van der Waals surface area contributed by atoms with Crippen molar-refractivity contribution in [1.29, 1.82) is 5.26 Å². The molecule has 64 valence electrons. The van der Waals surface area contributed by atoms with Crippen molar-refractivity contribution in [2.24, 2.45) is 0 Å². The Balaban J connectivity index is 3.15. The van der Waals surface area contributed by atoms with E-state index in [9.17, 15) is 4.39 Å². The van der Waals surface area contributed by atoms with Crippen LogP contribution in [0.2, 0.25) is 0 Å². The molecule has 0 amide bonds. The third kappa shape index (κ3) is 2.30. The number of hydrogen-bond donors (Lipinski definition) is 1. The van der Waals surface area contributed by atoms with Gasteiger partial charge in [0.25, 0.3) is 0 Å². The Morgan fingerprint density at radius 2 is 2.23 bits per heavy atom. The van der Waals surface area contributed by atoms with Gasteiger partial charge in [-0.3, -0.25) is 0 Å². The molecule has 13 heavy (non-hydrogen) atoms. The molecule has 0 heterocycles. The van der Waals surface area contributed by atoms with E-state index in [1.165, 1.54) is 18.2 Å². The minimum Gasteiger partial charge on any atom is -0.392 e. The third-order valence-electron chi connectivity index (χ3n) is 1.49. The highest BCUT2D eigenvalue weighted by Gasteiger charge is 1.99. The highest BCUT2D eigenvalue weighted by molar-refractivity contribution is 5.43. The molecule has 0 aromatic heterocycles. The molecule has 1 rings (SSSR count). The van der Waals surface area contributed by atoms with Crippen LogP contribution in [0.25, 0.3) is 0 Å². The molecule has 0 aliphatic carbocycles. The molecule has 0 aliphatic heterocycles. The Morgan fingerprint density at radius 3 is 2.85 bits per heavy atom. The van der Waals surface area contributed by atoms with E-state index in [1.54, 1.807) is 6.07 Å². The van der Waals surface area contributed by atoms with Crippen LogP contribution in [0.5, 0.6) is 0 Å². The molecule has 0 unspecified atom stereocenters. The Labute approximate surface area is 75.2 Å². The zero-order valence-corrected chi connectivity index (χ0v) is 6.71. The van der Waals surface area contributed by atoms with Crippen molar-refractivity contribution >= 4 is 0 Å². The van der Waals surface area contributed by atoms with E-state index >= 15 is 0 Å². The summed E-state index contributed by atoms with van der Waals surface area (Å²) in [7, 11) is 0. The van der Waals surface area contributed by atoms with Gasteiger partial charge in [0.15, 0.2) is 6.07 Å². The van der Waals surface area contributed by atoms with Crippen LogP contribution in [0.3, 0.4) is 0 Å². The summed E-state index contributed by atoms with van der Waals surface area (Å²) in [4.78, 5) is 0. The van der Waals surface area contributed by atoms with E-state index in [-0.39, 0.29) is 6.61 Å². The number of aliphatic hydroxyl groups excluding tert-OH is 1. The minimum absolute atomic E-state index is 0.285. The molecule has 2 nitrogen and oxygen atoms in total. The van der Waals surface area contributed by atoms with Crippen molar-refractivity contribution in [2.75, 3.05) is 0 Å². The lowest BCUT2D eigenvalue weighted by molar-refractivity contribution is 0.281. The Bertz CT molecular complexity index is 409. The van der Waals surface area contributed by atoms with Gasteiger partial charge in [0, 0.05) is 11.5 Å². The van der Waals surface area contributed by atoms with Gasteiger partial charge in [-0.25, -0.2) is 4.39 Å². The lowest BCUT2D eigenvalue weighted by Crippen LogP contribution is -1.90. The predicted molar refractivity (Wildman–Crippen MR) is 44.8 cm³/mol. The predicted octanol–water partition coefficient (Wildman–Crippen LogP) is 1.19. The van der Waals surface area contributed by atoms with E-state index in [2.05, 4.69) is 11.8 Å². The fourth-order valence-corrected chi connectivity index (χ4v) is 0.910. The minimum atomic E-state index is -0.424. The summed E-state index contributed by atoms with van der Waals surface area (Å²) in [6.07, 6.45) is 0. The maximum Gasteiger partial charge on any atom is 0.152 e. The number of benzene rings is 1. The van der Waals surface area contributed by atoms with E-state index in [0.29, 0.717) is 11.1 Å². The maximum absolute atomic E-state index is 12.6. The standard InChI is InChI=1S/C10H6FNO/c11-10-4-3-8(2-1-5-12)9(6-10)7-13/h3-4,6,13H,7H2. The highest BCUT2D eigenvalue weighted by atomic mass is 19.1. The highest BCUT2D eigenvalue weighted by Crippen LogP contribution is 2.09. The van der Waals surface area contributed by atoms with Crippen LogP contribution >= 0.6 is 0 Å². The molecule has 0 fully saturated rings. The third-order valence-corrected chi connectivity index (χ3v) is 1.49. The van der Waals surface area contributed by atoms with Crippen molar-refractivity contribution in [1.82, 2.24) is 0 Å². The second kappa shape index (κ2) is 4.25. The van der Waals surface area contributed by atoms with Crippen LogP contribution in [0.1, 0.15) is 11.1 Å². The molecule has 0 saturated heterocycles. The van der Waals surface area contributed by atoms with Crippen molar-refractivity contribution in [3.8, 4) is 17.9 Å². The monoisotopic (exact) mass is 175 g/mol. The van der Waals surface area contributed by atoms with E-state index in [0.717, 1.165) is 0 Å². The van der Waals surface area contributed by atoms with Gasteiger partial charge in [-0.15, -0.1) is 0 Å². The number of nitrogens with zero attached hydrogens (tertiary/aromatic N) is 1. The summed E-state index contributed by atoms with van der Waals surface area (Å²) in [6, 6.07) is 5.51. The summed E-state index contributed by atoms with van der Waals surface area (Å²) < 4.78 is 12.6.